The molecule has 0 aliphatic carbocycles. The maximum atomic E-state index is 11.7. The van der Waals surface area contributed by atoms with Crippen molar-refractivity contribution in [3.63, 3.8) is 0 Å². The molecule has 0 bridgehead atoms. The Morgan fingerprint density at radius 2 is 2.21 bits per heavy atom. The molecule has 0 spiro atoms. The van der Waals surface area contributed by atoms with E-state index in [1.807, 2.05) is 23.2 Å². The molecular formula is C20H19N5O2S. The third-order valence-corrected chi connectivity index (χ3v) is 6.02. The number of fused-ring (bicyclic) bond motifs is 3. The van der Waals surface area contributed by atoms with Gasteiger partial charge in [-0.25, -0.2) is 13.4 Å². The Bertz CT molecular complexity index is 1230. The summed E-state index contributed by atoms with van der Waals surface area (Å²) < 4.78 is 23.4. The third kappa shape index (κ3) is 3.62. The van der Waals surface area contributed by atoms with E-state index in [1.54, 1.807) is 30.7 Å². The number of rotatable bonds is 5. The first-order chi connectivity index (χ1) is 13.6. The van der Waals surface area contributed by atoms with Crippen LogP contribution in [0.3, 0.4) is 0 Å². The number of H-pyrrole nitrogens is 1. The molecule has 4 heterocycles. The lowest BCUT2D eigenvalue weighted by atomic mass is 9.95. The van der Waals surface area contributed by atoms with E-state index in [4.69, 9.17) is 5.26 Å². The average Bonchev–Trinajstić information content (AvgIpc) is 3.16. The summed E-state index contributed by atoms with van der Waals surface area (Å²) in [6.07, 6.45) is 12.8. The Morgan fingerprint density at radius 1 is 1.32 bits per heavy atom. The van der Waals surface area contributed by atoms with E-state index in [1.165, 1.54) is 5.57 Å². The lowest BCUT2D eigenvalue weighted by Gasteiger charge is -2.24. The highest BCUT2D eigenvalue weighted by Crippen LogP contribution is 2.33. The quantitative estimate of drug-likeness (QED) is 0.715. The van der Waals surface area contributed by atoms with Crippen LogP contribution in [0.25, 0.3) is 27.5 Å². The molecule has 28 heavy (non-hydrogen) atoms. The van der Waals surface area contributed by atoms with Gasteiger partial charge in [-0.3, -0.25) is 4.98 Å². The fraction of sp³-hybridized carbons (Fsp3) is 0.250. The highest BCUT2D eigenvalue weighted by Gasteiger charge is 2.16. The summed E-state index contributed by atoms with van der Waals surface area (Å²) >= 11 is 0. The van der Waals surface area contributed by atoms with Crippen molar-refractivity contribution in [1.82, 2.24) is 19.9 Å². The summed E-state index contributed by atoms with van der Waals surface area (Å²) in [6, 6.07) is 5.72. The third-order valence-electron chi connectivity index (χ3n) is 4.75. The lowest BCUT2D eigenvalue weighted by molar-refractivity contribution is 0.474. The molecule has 0 fully saturated rings. The van der Waals surface area contributed by atoms with Gasteiger partial charge in [-0.15, -0.1) is 0 Å². The number of sulfone groups is 1. The number of hydrogen-bond acceptors (Lipinski definition) is 6. The van der Waals surface area contributed by atoms with E-state index in [2.05, 4.69) is 21.2 Å². The minimum absolute atomic E-state index is 0.131. The molecule has 0 atom stereocenters. The minimum atomic E-state index is -3.36. The van der Waals surface area contributed by atoms with Crippen LogP contribution in [0, 0.1) is 11.3 Å². The van der Waals surface area contributed by atoms with Crippen LogP contribution in [-0.2, 0) is 9.84 Å². The van der Waals surface area contributed by atoms with Crippen molar-refractivity contribution in [2.24, 2.45) is 0 Å². The number of nitrogens with one attached hydrogen (secondary N) is 1. The van der Waals surface area contributed by atoms with Crippen LogP contribution in [0.5, 0.6) is 0 Å². The molecular weight excluding hydrogens is 374 g/mol. The zero-order valence-corrected chi connectivity index (χ0v) is 16.0. The van der Waals surface area contributed by atoms with Gasteiger partial charge >= 0.3 is 0 Å². The molecule has 0 unspecified atom stereocenters. The van der Waals surface area contributed by atoms with Gasteiger partial charge in [0.15, 0.2) is 9.84 Å². The van der Waals surface area contributed by atoms with Gasteiger partial charge in [0, 0.05) is 42.1 Å². The van der Waals surface area contributed by atoms with E-state index >= 15 is 0 Å². The second-order valence-electron chi connectivity index (χ2n) is 6.71. The molecule has 7 nitrogen and oxygen atoms in total. The molecule has 0 amide bonds. The summed E-state index contributed by atoms with van der Waals surface area (Å²) in [5.41, 5.74) is 3.97. The summed E-state index contributed by atoms with van der Waals surface area (Å²) in [7, 11) is -3.36. The zero-order valence-electron chi connectivity index (χ0n) is 15.2. The van der Waals surface area contributed by atoms with Crippen molar-refractivity contribution < 1.29 is 8.42 Å². The van der Waals surface area contributed by atoms with E-state index in [-0.39, 0.29) is 5.75 Å². The van der Waals surface area contributed by atoms with E-state index in [9.17, 15) is 8.42 Å². The molecule has 1 aliphatic heterocycles. The van der Waals surface area contributed by atoms with Crippen LogP contribution in [0.2, 0.25) is 0 Å². The minimum Gasteiger partial charge on any atom is -0.354 e. The second kappa shape index (κ2) is 7.44. The Morgan fingerprint density at radius 3 is 3.07 bits per heavy atom. The highest BCUT2D eigenvalue weighted by molar-refractivity contribution is 7.91. The van der Waals surface area contributed by atoms with Gasteiger partial charge in [0.05, 0.1) is 23.5 Å². The zero-order chi connectivity index (χ0) is 19.6. The molecule has 0 aromatic carbocycles. The van der Waals surface area contributed by atoms with Crippen molar-refractivity contribution in [3.8, 4) is 6.07 Å². The normalized spacial score (nSPS) is 15.2. The van der Waals surface area contributed by atoms with Gasteiger partial charge in [0.25, 0.3) is 0 Å². The Kier molecular flexibility index (Phi) is 4.84. The Balaban J connectivity index is 1.68. The molecule has 4 rings (SSSR count). The van der Waals surface area contributed by atoms with Gasteiger partial charge in [-0.2, -0.15) is 5.26 Å². The molecule has 0 saturated heterocycles. The number of pyridine rings is 2. The number of aromatic nitrogens is 3. The molecule has 142 valence electrons. The number of hydrogen-bond donors (Lipinski definition) is 1. The van der Waals surface area contributed by atoms with Crippen LogP contribution in [-0.4, -0.2) is 46.3 Å². The first-order valence-electron chi connectivity index (χ1n) is 8.99. The maximum Gasteiger partial charge on any atom is 0.167 e. The summed E-state index contributed by atoms with van der Waals surface area (Å²) in [4.78, 5) is 14.0. The van der Waals surface area contributed by atoms with Crippen LogP contribution in [0.15, 0.2) is 49.2 Å². The number of nitrogens with zero attached hydrogens (tertiary/aromatic N) is 4. The van der Waals surface area contributed by atoms with Gasteiger partial charge in [0.2, 0.25) is 0 Å². The van der Waals surface area contributed by atoms with Gasteiger partial charge in [-0.05, 0) is 36.1 Å². The van der Waals surface area contributed by atoms with Crippen molar-refractivity contribution in [1.29, 1.82) is 5.26 Å². The predicted molar refractivity (Wildman–Crippen MR) is 109 cm³/mol. The van der Waals surface area contributed by atoms with Crippen molar-refractivity contribution in [3.05, 3.63) is 54.8 Å². The largest absolute Gasteiger partial charge is 0.354 e. The first kappa shape index (κ1) is 18.2. The fourth-order valence-electron chi connectivity index (χ4n) is 3.51. The van der Waals surface area contributed by atoms with Crippen LogP contribution < -0.4 is 0 Å². The van der Waals surface area contributed by atoms with Gasteiger partial charge in [0.1, 0.15) is 11.4 Å². The molecule has 0 saturated carbocycles. The molecule has 0 radical (unpaired) electrons. The van der Waals surface area contributed by atoms with Gasteiger partial charge < -0.3 is 9.88 Å². The van der Waals surface area contributed by atoms with E-state index in [0.29, 0.717) is 0 Å². The Hall–Kier alpha value is -3.18. The summed E-state index contributed by atoms with van der Waals surface area (Å²) in [5.74, 6) is -0.587. The van der Waals surface area contributed by atoms with Crippen LogP contribution >= 0.6 is 0 Å². The lowest BCUT2D eigenvalue weighted by Crippen LogP contribution is -2.17. The monoisotopic (exact) mass is 393 g/mol. The standard InChI is InChI=1S/C20H19N5O2S/c21-6-12-28(26,27)11-2-10-25-9-1-3-15(14-25)16-4-7-22-18-13-24-20-17(19(16)18)5-8-23-20/h2,4-5,7-8,10,13-14H,1,3,9,11-12H2,(H,23,24). The second-order valence-corrected chi connectivity index (χ2v) is 8.82. The number of nitriles is 1. The topological polar surface area (TPSA) is 103 Å². The molecule has 3 aromatic rings. The fourth-order valence-corrected chi connectivity index (χ4v) is 4.20. The summed E-state index contributed by atoms with van der Waals surface area (Å²) in [6.45, 7) is 0.822. The highest BCUT2D eigenvalue weighted by atomic mass is 32.2. The molecule has 3 aromatic heterocycles. The average molecular weight is 393 g/mol. The maximum absolute atomic E-state index is 11.7. The SMILES string of the molecule is N#CCS(=O)(=O)CC=CN1C=C(c2ccnc3cnc4[nH]ccc4c23)CCC1. The smallest absolute Gasteiger partial charge is 0.167 e. The van der Waals surface area contributed by atoms with Crippen molar-refractivity contribution >= 4 is 37.3 Å². The predicted octanol–water partition coefficient (Wildman–Crippen LogP) is 3.00. The van der Waals surface area contributed by atoms with Crippen molar-refractivity contribution in [2.45, 2.75) is 12.8 Å². The molecule has 1 aliphatic rings. The van der Waals surface area contributed by atoms with E-state index < -0.39 is 15.6 Å². The molecule has 8 heteroatoms. The van der Waals surface area contributed by atoms with Gasteiger partial charge in [-0.1, -0.05) is 6.08 Å². The number of aromatic amines is 1. The number of allylic oxidation sites excluding steroid dienone is 1. The Labute approximate surface area is 162 Å². The van der Waals surface area contributed by atoms with E-state index in [0.717, 1.165) is 46.9 Å². The van der Waals surface area contributed by atoms with Crippen LogP contribution in [0.1, 0.15) is 18.4 Å². The first-order valence-corrected chi connectivity index (χ1v) is 10.8. The molecule has 1 N–H and O–H groups in total. The summed E-state index contributed by atoms with van der Waals surface area (Å²) in [5, 5.41) is 10.7. The van der Waals surface area contributed by atoms with Crippen molar-refractivity contribution in [2.75, 3.05) is 18.1 Å². The van der Waals surface area contributed by atoms with Crippen LogP contribution in [0.4, 0.5) is 0 Å².